The van der Waals surface area contributed by atoms with Gasteiger partial charge in [-0.25, -0.2) is 4.39 Å². The van der Waals surface area contributed by atoms with Crippen molar-refractivity contribution in [1.82, 2.24) is 15.2 Å². The van der Waals surface area contributed by atoms with Gasteiger partial charge in [0.25, 0.3) is 5.91 Å². The predicted octanol–water partition coefficient (Wildman–Crippen LogP) is 2.33. The van der Waals surface area contributed by atoms with Crippen molar-refractivity contribution in [2.45, 2.75) is 25.1 Å². The molecule has 7 nitrogen and oxygen atoms in total. The molecule has 30 heavy (non-hydrogen) atoms. The number of benzene rings is 1. The number of fused-ring (bicyclic) bond motifs is 1. The summed E-state index contributed by atoms with van der Waals surface area (Å²) in [5, 5.41) is 12.5. The molecule has 2 aromatic rings. The quantitative estimate of drug-likeness (QED) is 0.806. The number of pyridine rings is 1. The zero-order valence-electron chi connectivity index (χ0n) is 16.4. The monoisotopic (exact) mass is 427 g/mol. The second kappa shape index (κ2) is 8.88. The third kappa shape index (κ3) is 4.19. The van der Waals surface area contributed by atoms with Crippen molar-refractivity contribution in [3.8, 4) is 6.07 Å². The number of piperidine rings is 1. The summed E-state index contributed by atoms with van der Waals surface area (Å²) in [4.78, 5) is 33.0. The van der Waals surface area contributed by atoms with Crippen LogP contribution < -0.4 is 10.2 Å². The number of hydrogen-bond acceptors (Lipinski definition) is 6. The summed E-state index contributed by atoms with van der Waals surface area (Å²) in [6.07, 6.45) is 2.08. The van der Waals surface area contributed by atoms with Crippen LogP contribution in [0.25, 0.3) is 10.9 Å². The zero-order valence-corrected chi connectivity index (χ0v) is 17.2. The minimum Gasteiger partial charge on any atom is -0.369 e. The molecule has 4 rings (SSSR count). The van der Waals surface area contributed by atoms with Gasteiger partial charge in [0.1, 0.15) is 12.2 Å². The third-order valence-electron chi connectivity index (χ3n) is 5.45. The molecule has 9 heteroatoms. The molecule has 1 aromatic carbocycles. The molecular formula is C21H22FN5O2S. The summed E-state index contributed by atoms with van der Waals surface area (Å²) in [7, 11) is 0. The van der Waals surface area contributed by atoms with E-state index < -0.39 is 12.2 Å². The molecule has 2 aliphatic heterocycles. The average Bonchev–Trinajstić information content (AvgIpc) is 3.25. The van der Waals surface area contributed by atoms with E-state index in [1.54, 1.807) is 12.3 Å². The number of hydrogen-bond donors (Lipinski definition) is 1. The lowest BCUT2D eigenvalue weighted by Crippen LogP contribution is -2.42. The molecule has 2 fully saturated rings. The number of rotatable bonds is 4. The van der Waals surface area contributed by atoms with Gasteiger partial charge in [-0.2, -0.15) is 5.26 Å². The van der Waals surface area contributed by atoms with Gasteiger partial charge in [-0.05, 0) is 37.1 Å². The second-order valence-electron chi connectivity index (χ2n) is 7.44. The Morgan fingerprint density at radius 1 is 1.37 bits per heavy atom. The molecule has 156 valence electrons. The van der Waals surface area contributed by atoms with Gasteiger partial charge in [-0.15, -0.1) is 11.8 Å². The Hall–Kier alpha value is -2.86. The molecular weight excluding hydrogens is 405 g/mol. The van der Waals surface area contributed by atoms with E-state index in [0.717, 1.165) is 18.7 Å². The molecule has 0 spiro atoms. The molecule has 3 heterocycles. The van der Waals surface area contributed by atoms with Crippen LogP contribution in [0.2, 0.25) is 0 Å². The maximum atomic E-state index is 13.8. The lowest BCUT2D eigenvalue weighted by Gasteiger charge is -2.31. The Morgan fingerprint density at radius 2 is 2.23 bits per heavy atom. The first-order valence-electron chi connectivity index (χ1n) is 9.89. The maximum Gasteiger partial charge on any atom is 0.252 e. The first-order valence-corrected chi connectivity index (χ1v) is 11.0. The van der Waals surface area contributed by atoms with Gasteiger partial charge < -0.3 is 15.1 Å². The SMILES string of the molecule is N#C[C@@H]1CSCN1C(=O)CNC(=O)c1ccnc2ccc(N3CCC[C@H](F)C3)cc12. The number of anilines is 1. The molecule has 2 atom stereocenters. The number of nitrogens with one attached hydrogen (secondary N) is 1. The van der Waals surface area contributed by atoms with Crippen LogP contribution in [0.5, 0.6) is 0 Å². The molecule has 2 saturated heterocycles. The molecule has 0 aliphatic carbocycles. The maximum absolute atomic E-state index is 13.8. The summed E-state index contributed by atoms with van der Waals surface area (Å²) in [6, 6.07) is 8.86. The van der Waals surface area contributed by atoms with E-state index in [-0.39, 0.29) is 18.4 Å². The molecule has 0 radical (unpaired) electrons. The predicted molar refractivity (Wildman–Crippen MR) is 114 cm³/mol. The minimum atomic E-state index is -0.849. The summed E-state index contributed by atoms with van der Waals surface area (Å²) >= 11 is 1.52. The molecule has 0 bridgehead atoms. The Bertz CT molecular complexity index is 1010. The number of halogens is 1. The molecule has 1 aromatic heterocycles. The number of nitrogens with zero attached hydrogens (tertiary/aromatic N) is 4. The average molecular weight is 428 g/mol. The summed E-state index contributed by atoms with van der Waals surface area (Å²) in [5.74, 6) is 0.390. The van der Waals surface area contributed by atoms with Crippen LogP contribution in [0, 0.1) is 11.3 Å². The van der Waals surface area contributed by atoms with Gasteiger partial charge in [-0.1, -0.05) is 0 Å². The summed E-state index contributed by atoms with van der Waals surface area (Å²) in [5.41, 5.74) is 1.93. The number of amides is 2. The zero-order chi connectivity index (χ0) is 21.1. The topological polar surface area (TPSA) is 89.3 Å². The highest BCUT2D eigenvalue weighted by molar-refractivity contribution is 7.99. The van der Waals surface area contributed by atoms with E-state index in [9.17, 15) is 14.0 Å². The van der Waals surface area contributed by atoms with E-state index in [4.69, 9.17) is 5.26 Å². The van der Waals surface area contributed by atoms with Crippen LogP contribution in [0.3, 0.4) is 0 Å². The van der Waals surface area contributed by atoms with Gasteiger partial charge in [0.2, 0.25) is 5.91 Å². The first-order chi connectivity index (χ1) is 14.6. The van der Waals surface area contributed by atoms with Crippen LogP contribution in [0.4, 0.5) is 10.1 Å². The van der Waals surface area contributed by atoms with E-state index in [0.29, 0.717) is 41.1 Å². The largest absolute Gasteiger partial charge is 0.369 e. The lowest BCUT2D eigenvalue weighted by molar-refractivity contribution is -0.129. The van der Waals surface area contributed by atoms with Crippen molar-refractivity contribution in [3.05, 3.63) is 36.0 Å². The minimum absolute atomic E-state index is 0.170. The summed E-state index contributed by atoms with van der Waals surface area (Å²) < 4.78 is 13.8. The number of alkyl halides is 1. The van der Waals surface area contributed by atoms with Crippen LogP contribution in [-0.2, 0) is 4.79 Å². The van der Waals surface area contributed by atoms with Gasteiger partial charge in [0, 0.05) is 36.1 Å². The number of thioether (sulfide) groups is 1. The highest BCUT2D eigenvalue weighted by Crippen LogP contribution is 2.27. The molecule has 2 aliphatic rings. The fourth-order valence-electron chi connectivity index (χ4n) is 3.84. The fraction of sp³-hybridized carbons (Fsp3) is 0.429. The van der Waals surface area contributed by atoms with E-state index >= 15 is 0 Å². The number of carbonyl (C=O) groups excluding carboxylic acids is 2. The third-order valence-corrected chi connectivity index (χ3v) is 6.46. The van der Waals surface area contributed by atoms with Crippen LogP contribution >= 0.6 is 11.8 Å². The lowest BCUT2D eigenvalue weighted by atomic mass is 10.0. The Morgan fingerprint density at radius 3 is 3.03 bits per heavy atom. The van der Waals surface area contributed by atoms with Crippen LogP contribution in [0.1, 0.15) is 23.2 Å². The fourth-order valence-corrected chi connectivity index (χ4v) is 4.94. The smallest absolute Gasteiger partial charge is 0.252 e. The molecule has 1 N–H and O–H groups in total. The highest BCUT2D eigenvalue weighted by atomic mass is 32.2. The van der Waals surface area contributed by atoms with Crippen LogP contribution in [0.15, 0.2) is 30.5 Å². The number of aromatic nitrogens is 1. The van der Waals surface area contributed by atoms with Gasteiger partial charge in [0.05, 0.1) is 29.6 Å². The molecule has 0 saturated carbocycles. The van der Waals surface area contributed by atoms with Gasteiger partial charge in [0.15, 0.2) is 0 Å². The van der Waals surface area contributed by atoms with Crippen LogP contribution in [-0.4, -0.2) is 65.2 Å². The second-order valence-corrected chi connectivity index (χ2v) is 8.44. The van der Waals surface area contributed by atoms with Crippen molar-refractivity contribution in [3.63, 3.8) is 0 Å². The number of carbonyl (C=O) groups is 2. The number of nitriles is 1. The normalized spacial score (nSPS) is 21.5. The molecule has 2 amide bonds. The van der Waals surface area contributed by atoms with E-state index in [1.807, 2.05) is 23.1 Å². The summed E-state index contributed by atoms with van der Waals surface area (Å²) in [6.45, 7) is 0.947. The van der Waals surface area contributed by atoms with Crippen molar-refractivity contribution < 1.29 is 14.0 Å². The van der Waals surface area contributed by atoms with Crippen molar-refractivity contribution in [2.75, 3.05) is 36.2 Å². The first kappa shape index (κ1) is 20.4. The Balaban J connectivity index is 1.51. The highest BCUT2D eigenvalue weighted by Gasteiger charge is 2.29. The molecule has 0 unspecified atom stereocenters. The standard InChI is InChI=1S/C21H22FN5O2S/c22-14-2-1-7-26(11-14)15-3-4-19-18(8-15)17(5-6-24-19)21(29)25-10-20(28)27-13-30-12-16(27)9-23/h3-6,8,14,16H,1-2,7,10-13H2,(H,25,29)/t14-,16+/m0/s1. The van der Waals surface area contributed by atoms with Crippen molar-refractivity contribution >= 4 is 40.2 Å². The van der Waals surface area contributed by atoms with Crippen molar-refractivity contribution in [2.24, 2.45) is 0 Å². The van der Waals surface area contributed by atoms with Gasteiger partial charge >= 0.3 is 0 Å². The Labute approximate surface area is 178 Å². The Kier molecular flexibility index (Phi) is 6.04. The van der Waals surface area contributed by atoms with Gasteiger partial charge in [-0.3, -0.25) is 14.6 Å². The van der Waals surface area contributed by atoms with E-state index in [2.05, 4.69) is 16.4 Å². The van der Waals surface area contributed by atoms with Crippen molar-refractivity contribution in [1.29, 1.82) is 5.26 Å². The van der Waals surface area contributed by atoms with E-state index in [1.165, 1.54) is 16.7 Å².